The third kappa shape index (κ3) is 3.00. The Morgan fingerprint density at radius 1 is 1.26 bits per heavy atom. The predicted molar refractivity (Wildman–Crippen MR) is 73.2 cm³/mol. The third-order valence-corrected chi connectivity index (χ3v) is 3.61. The van der Waals surface area contributed by atoms with E-state index in [0.29, 0.717) is 0 Å². The summed E-state index contributed by atoms with van der Waals surface area (Å²) in [4.78, 5) is 12.1. The van der Waals surface area contributed by atoms with Gasteiger partial charge < -0.3 is 14.8 Å². The van der Waals surface area contributed by atoms with Gasteiger partial charge in [0.1, 0.15) is 0 Å². The second kappa shape index (κ2) is 5.95. The summed E-state index contributed by atoms with van der Waals surface area (Å²) in [5.74, 6) is 1.73. The molecule has 4 heteroatoms. The molecule has 1 aromatic rings. The molecule has 1 heterocycles. The molecule has 0 saturated heterocycles. The first kappa shape index (κ1) is 13.7. The van der Waals surface area contributed by atoms with E-state index in [1.54, 1.807) is 0 Å². The number of carbonyl (C=O) groups is 1. The van der Waals surface area contributed by atoms with E-state index in [9.17, 15) is 4.79 Å². The maximum Gasteiger partial charge on any atom is 0.231 e. The van der Waals surface area contributed by atoms with Crippen LogP contribution in [-0.2, 0) is 4.79 Å². The molecular formula is C15H21NO3. The molecule has 0 fully saturated rings. The third-order valence-electron chi connectivity index (χ3n) is 3.61. The Morgan fingerprint density at radius 2 is 1.95 bits per heavy atom. The van der Waals surface area contributed by atoms with Crippen molar-refractivity contribution in [3.63, 3.8) is 0 Å². The number of ether oxygens (including phenoxy) is 2. The van der Waals surface area contributed by atoms with Crippen LogP contribution >= 0.6 is 0 Å². The minimum atomic E-state index is -0.0254. The average molecular weight is 263 g/mol. The molecule has 1 aromatic carbocycles. The number of carbonyl (C=O) groups excluding carboxylic acids is 1. The molecule has 0 bridgehead atoms. The van der Waals surface area contributed by atoms with Gasteiger partial charge in [-0.25, -0.2) is 0 Å². The summed E-state index contributed by atoms with van der Waals surface area (Å²) >= 11 is 0. The van der Waals surface area contributed by atoms with Gasteiger partial charge in [0, 0.05) is 5.92 Å². The fourth-order valence-electron chi connectivity index (χ4n) is 2.26. The second-order valence-corrected chi connectivity index (χ2v) is 4.86. The first-order valence-corrected chi connectivity index (χ1v) is 6.85. The molecule has 19 heavy (non-hydrogen) atoms. The fraction of sp³-hybridized carbons (Fsp3) is 0.533. The lowest BCUT2D eigenvalue weighted by Gasteiger charge is -2.18. The Labute approximate surface area is 114 Å². The quantitative estimate of drug-likeness (QED) is 0.888. The summed E-state index contributed by atoms with van der Waals surface area (Å²) in [6.07, 6.45) is 1.74. The lowest BCUT2D eigenvalue weighted by molar-refractivity contribution is -0.125. The number of fused-ring (bicyclic) bond motifs is 1. The molecule has 1 unspecified atom stereocenters. The predicted octanol–water partition coefficient (Wildman–Crippen LogP) is 3.03. The number of rotatable bonds is 5. The SMILES string of the molecule is CCC(CC)C(=O)NC(C)c1ccc2c(c1)OCO2. The fourth-order valence-corrected chi connectivity index (χ4v) is 2.26. The van der Waals surface area contributed by atoms with Crippen molar-refractivity contribution >= 4 is 5.91 Å². The molecule has 1 atom stereocenters. The normalized spacial score (nSPS) is 14.5. The van der Waals surface area contributed by atoms with Crippen molar-refractivity contribution in [2.24, 2.45) is 5.92 Å². The van der Waals surface area contributed by atoms with Crippen LogP contribution in [0.5, 0.6) is 11.5 Å². The van der Waals surface area contributed by atoms with Crippen LogP contribution in [-0.4, -0.2) is 12.7 Å². The molecule has 0 saturated carbocycles. The van der Waals surface area contributed by atoms with Crippen molar-refractivity contribution in [2.75, 3.05) is 6.79 Å². The van der Waals surface area contributed by atoms with Gasteiger partial charge in [0.2, 0.25) is 12.7 Å². The van der Waals surface area contributed by atoms with Crippen molar-refractivity contribution < 1.29 is 14.3 Å². The summed E-state index contributed by atoms with van der Waals surface area (Å²) in [5.41, 5.74) is 1.03. The smallest absolute Gasteiger partial charge is 0.231 e. The van der Waals surface area contributed by atoms with E-state index < -0.39 is 0 Å². The molecule has 0 aliphatic carbocycles. The van der Waals surface area contributed by atoms with Gasteiger partial charge in [-0.1, -0.05) is 19.9 Å². The molecule has 0 spiro atoms. The summed E-state index contributed by atoms with van der Waals surface area (Å²) in [6, 6.07) is 5.76. The number of hydrogen-bond donors (Lipinski definition) is 1. The van der Waals surface area contributed by atoms with Gasteiger partial charge in [-0.2, -0.15) is 0 Å². The van der Waals surface area contributed by atoms with Crippen LogP contribution in [0.2, 0.25) is 0 Å². The van der Waals surface area contributed by atoms with Crippen LogP contribution in [0.3, 0.4) is 0 Å². The monoisotopic (exact) mass is 263 g/mol. The topological polar surface area (TPSA) is 47.6 Å². The number of benzene rings is 1. The Hall–Kier alpha value is -1.71. The van der Waals surface area contributed by atoms with E-state index in [4.69, 9.17) is 9.47 Å². The van der Waals surface area contributed by atoms with E-state index in [1.807, 2.05) is 39.0 Å². The molecule has 0 radical (unpaired) electrons. The highest BCUT2D eigenvalue weighted by Gasteiger charge is 2.19. The Balaban J connectivity index is 2.03. The van der Waals surface area contributed by atoms with Crippen LogP contribution in [0, 0.1) is 5.92 Å². The van der Waals surface area contributed by atoms with Crippen molar-refractivity contribution in [3.8, 4) is 11.5 Å². The van der Waals surface area contributed by atoms with Gasteiger partial charge in [0.25, 0.3) is 0 Å². The molecule has 4 nitrogen and oxygen atoms in total. The maximum absolute atomic E-state index is 12.1. The summed E-state index contributed by atoms with van der Waals surface area (Å²) < 4.78 is 10.6. The van der Waals surface area contributed by atoms with E-state index in [1.165, 1.54) is 0 Å². The zero-order chi connectivity index (χ0) is 13.8. The van der Waals surface area contributed by atoms with Crippen LogP contribution in [0.4, 0.5) is 0 Å². The second-order valence-electron chi connectivity index (χ2n) is 4.86. The summed E-state index contributed by atoms with van der Waals surface area (Å²) in [7, 11) is 0. The van der Waals surface area contributed by atoms with Gasteiger partial charge in [-0.05, 0) is 37.5 Å². The van der Waals surface area contributed by atoms with Crippen molar-refractivity contribution in [3.05, 3.63) is 23.8 Å². The molecule has 1 aliphatic heterocycles. The molecule has 2 rings (SSSR count). The van der Waals surface area contributed by atoms with Gasteiger partial charge in [-0.3, -0.25) is 4.79 Å². The van der Waals surface area contributed by atoms with Crippen LogP contribution in [0.15, 0.2) is 18.2 Å². The van der Waals surface area contributed by atoms with Crippen molar-refractivity contribution in [1.29, 1.82) is 0 Å². The first-order valence-electron chi connectivity index (χ1n) is 6.85. The van der Waals surface area contributed by atoms with Crippen LogP contribution in [0.25, 0.3) is 0 Å². The highest BCUT2D eigenvalue weighted by atomic mass is 16.7. The molecule has 1 aliphatic rings. The largest absolute Gasteiger partial charge is 0.454 e. The van der Waals surface area contributed by atoms with E-state index in [0.717, 1.165) is 29.9 Å². The molecular weight excluding hydrogens is 242 g/mol. The minimum Gasteiger partial charge on any atom is -0.454 e. The lowest BCUT2D eigenvalue weighted by Crippen LogP contribution is -2.32. The van der Waals surface area contributed by atoms with Gasteiger partial charge in [0.05, 0.1) is 6.04 Å². The van der Waals surface area contributed by atoms with Gasteiger partial charge >= 0.3 is 0 Å². The highest BCUT2D eigenvalue weighted by molar-refractivity contribution is 5.79. The first-order chi connectivity index (χ1) is 9.15. The standard InChI is InChI=1S/C15H21NO3/c1-4-11(5-2)15(17)16-10(3)12-6-7-13-14(8-12)19-9-18-13/h6-8,10-11H,4-5,9H2,1-3H3,(H,16,17). The number of nitrogens with one attached hydrogen (secondary N) is 1. The van der Waals surface area contributed by atoms with E-state index in [-0.39, 0.29) is 24.7 Å². The summed E-state index contributed by atoms with van der Waals surface area (Å²) in [5, 5.41) is 3.05. The number of amides is 1. The van der Waals surface area contributed by atoms with Gasteiger partial charge in [0.15, 0.2) is 11.5 Å². The number of hydrogen-bond acceptors (Lipinski definition) is 3. The maximum atomic E-state index is 12.1. The zero-order valence-corrected chi connectivity index (χ0v) is 11.7. The summed E-state index contributed by atoms with van der Waals surface area (Å²) in [6.45, 7) is 6.34. The average Bonchev–Trinajstić information content (AvgIpc) is 2.87. The Kier molecular flexibility index (Phi) is 4.30. The molecule has 0 aromatic heterocycles. The molecule has 1 amide bonds. The van der Waals surface area contributed by atoms with Crippen LogP contribution < -0.4 is 14.8 Å². The lowest BCUT2D eigenvalue weighted by atomic mass is 10.0. The van der Waals surface area contributed by atoms with E-state index in [2.05, 4.69) is 5.32 Å². The van der Waals surface area contributed by atoms with Crippen molar-refractivity contribution in [2.45, 2.75) is 39.7 Å². The Morgan fingerprint density at radius 3 is 2.63 bits per heavy atom. The van der Waals surface area contributed by atoms with Crippen LogP contribution in [0.1, 0.15) is 45.2 Å². The minimum absolute atomic E-state index is 0.0254. The highest BCUT2D eigenvalue weighted by Crippen LogP contribution is 2.34. The van der Waals surface area contributed by atoms with E-state index >= 15 is 0 Å². The Bertz CT molecular complexity index is 455. The zero-order valence-electron chi connectivity index (χ0n) is 11.7. The molecule has 104 valence electrons. The molecule has 1 N–H and O–H groups in total. The van der Waals surface area contributed by atoms with Gasteiger partial charge in [-0.15, -0.1) is 0 Å². The van der Waals surface area contributed by atoms with Crippen molar-refractivity contribution in [1.82, 2.24) is 5.32 Å².